The van der Waals surface area contributed by atoms with E-state index < -0.39 is 0 Å². The number of carbonyl (C=O) groups excluding carboxylic acids is 1. The van der Waals surface area contributed by atoms with Gasteiger partial charge in [-0.05, 0) is 37.5 Å². The van der Waals surface area contributed by atoms with Crippen molar-refractivity contribution in [3.8, 4) is 0 Å². The Kier molecular flexibility index (Phi) is 6.84. The van der Waals surface area contributed by atoms with Crippen LogP contribution in [0.2, 0.25) is 0 Å². The maximum absolute atomic E-state index is 12.5. The summed E-state index contributed by atoms with van der Waals surface area (Å²) in [6, 6.07) is 5.64. The Morgan fingerprint density at radius 3 is 2.87 bits per heavy atom. The van der Waals surface area contributed by atoms with Crippen molar-refractivity contribution in [1.82, 2.24) is 20.1 Å². The zero-order chi connectivity index (χ0) is 14.8. The van der Waals surface area contributed by atoms with Crippen LogP contribution in [0, 0.1) is 0 Å². The average molecular weight is 358 g/mol. The molecule has 0 spiro atoms. The fraction of sp³-hybridized carbons (Fsp3) is 0.400. The summed E-state index contributed by atoms with van der Waals surface area (Å²) in [4.78, 5) is 12.5. The Hall–Kier alpha value is -1.79. The molecule has 126 valence electrons. The van der Waals surface area contributed by atoms with E-state index in [1.807, 2.05) is 36.7 Å². The van der Waals surface area contributed by atoms with E-state index in [0.29, 0.717) is 0 Å². The maximum Gasteiger partial charge on any atom is 0.252 e. The second-order valence-corrected chi connectivity index (χ2v) is 5.36. The summed E-state index contributed by atoms with van der Waals surface area (Å²) >= 11 is 0. The van der Waals surface area contributed by atoms with Gasteiger partial charge in [0.15, 0.2) is 5.82 Å². The minimum atomic E-state index is -0.183. The molecule has 0 aliphatic carbocycles. The molecule has 1 atom stereocenters. The van der Waals surface area contributed by atoms with Crippen LogP contribution in [0.3, 0.4) is 0 Å². The van der Waals surface area contributed by atoms with Crippen LogP contribution in [0.25, 0.3) is 0 Å². The summed E-state index contributed by atoms with van der Waals surface area (Å²) in [5, 5.41) is 14.2. The van der Waals surface area contributed by atoms with Crippen LogP contribution in [-0.2, 0) is 13.5 Å². The molecule has 3 rings (SSSR count). The number of fused-ring (bicyclic) bond motifs is 1. The first-order chi connectivity index (χ1) is 10.2. The van der Waals surface area contributed by atoms with Crippen LogP contribution in [0.1, 0.15) is 41.1 Å². The van der Waals surface area contributed by atoms with Gasteiger partial charge in [-0.1, -0.05) is 6.07 Å². The topological polar surface area (TPSA) is 71.8 Å². The standard InChI is InChI=1S/C15H19N5O.2ClH/c1-10(14-19-17-9-20(14)2)18-15(21)12-5-3-7-13-11(12)6-4-8-16-13;;/h3,5,7,9-10,16H,4,6,8H2,1-2H3,(H,18,21);2*1H. The van der Waals surface area contributed by atoms with Gasteiger partial charge in [0.1, 0.15) is 6.33 Å². The normalized spacial score (nSPS) is 13.7. The summed E-state index contributed by atoms with van der Waals surface area (Å²) in [6.45, 7) is 2.88. The lowest BCUT2D eigenvalue weighted by molar-refractivity contribution is 0.0937. The predicted octanol–water partition coefficient (Wildman–Crippen LogP) is 2.51. The monoisotopic (exact) mass is 357 g/mol. The van der Waals surface area contributed by atoms with Crippen LogP contribution in [0.4, 0.5) is 5.69 Å². The Morgan fingerprint density at radius 1 is 1.39 bits per heavy atom. The first-order valence-corrected chi connectivity index (χ1v) is 7.17. The smallest absolute Gasteiger partial charge is 0.252 e. The Labute approximate surface area is 147 Å². The molecule has 1 amide bonds. The van der Waals surface area contributed by atoms with Gasteiger partial charge < -0.3 is 15.2 Å². The number of benzene rings is 1. The van der Waals surface area contributed by atoms with Crippen molar-refractivity contribution in [2.45, 2.75) is 25.8 Å². The Morgan fingerprint density at radius 2 is 2.17 bits per heavy atom. The largest absolute Gasteiger partial charge is 0.385 e. The molecule has 0 saturated heterocycles. The van der Waals surface area contributed by atoms with Crippen molar-refractivity contribution in [1.29, 1.82) is 0 Å². The molecule has 0 saturated carbocycles. The van der Waals surface area contributed by atoms with Gasteiger partial charge in [0.05, 0.1) is 6.04 Å². The van der Waals surface area contributed by atoms with E-state index in [1.54, 1.807) is 6.33 Å². The SMILES string of the molecule is CC(NC(=O)c1cccc2c1CCCN2)c1nncn1C.Cl.Cl. The third-order valence-electron chi connectivity index (χ3n) is 3.82. The van der Waals surface area contributed by atoms with E-state index >= 15 is 0 Å². The van der Waals surface area contributed by atoms with Crippen molar-refractivity contribution < 1.29 is 4.79 Å². The van der Waals surface area contributed by atoms with Gasteiger partial charge in [-0.2, -0.15) is 0 Å². The highest BCUT2D eigenvalue weighted by Crippen LogP contribution is 2.25. The fourth-order valence-electron chi connectivity index (χ4n) is 2.75. The molecule has 8 heteroatoms. The number of nitrogens with one attached hydrogen (secondary N) is 2. The number of rotatable bonds is 3. The minimum Gasteiger partial charge on any atom is -0.385 e. The number of hydrogen-bond donors (Lipinski definition) is 2. The van der Waals surface area contributed by atoms with Crippen molar-refractivity contribution >= 4 is 36.4 Å². The van der Waals surface area contributed by atoms with Crippen molar-refractivity contribution in [3.63, 3.8) is 0 Å². The molecule has 1 aromatic carbocycles. The number of aryl methyl sites for hydroxylation is 1. The van der Waals surface area contributed by atoms with Gasteiger partial charge in [0.2, 0.25) is 0 Å². The van der Waals surface area contributed by atoms with Crippen LogP contribution in [0.5, 0.6) is 0 Å². The number of halogens is 2. The molecule has 1 aliphatic heterocycles. The molecule has 23 heavy (non-hydrogen) atoms. The number of nitrogens with zero attached hydrogens (tertiary/aromatic N) is 3. The Balaban J connectivity index is 0.00000132. The first-order valence-electron chi connectivity index (χ1n) is 7.17. The van der Waals surface area contributed by atoms with E-state index in [9.17, 15) is 4.79 Å². The summed E-state index contributed by atoms with van der Waals surface area (Å²) in [7, 11) is 1.87. The van der Waals surface area contributed by atoms with Crippen molar-refractivity contribution in [2.75, 3.05) is 11.9 Å². The second kappa shape index (κ2) is 8.17. The Bertz CT molecular complexity index is 674. The molecular weight excluding hydrogens is 337 g/mol. The summed E-state index contributed by atoms with van der Waals surface area (Å²) in [6.07, 6.45) is 3.62. The van der Waals surface area contributed by atoms with Gasteiger partial charge in [-0.25, -0.2) is 0 Å². The minimum absolute atomic E-state index is 0. The van der Waals surface area contributed by atoms with Crippen LogP contribution >= 0.6 is 24.8 Å². The first kappa shape index (κ1) is 19.3. The third-order valence-corrected chi connectivity index (χ3v) is 3.82. The van der Waals surface area contributed by atoms with Gasteiger partial charge in [-0.15, -0.1) is 35.0 Å². The van der Waals surface area contributed by atoms with E-state index in [0.717, 1.165) is 42.0 Å². The number of carbonyl (C=O) groups is 1. The molecule has 0 radical (unpaired) electrons. The molecule has 2 heterocycles. The van der Waals surface area contributed by atoms with E-state index in [1.165, 1.54) is 0 Å². The predicted molar refractivity (Wildman–Crippen MR) is 94.6 cm³/mol. The van der Waals surface area contributed by atoms with E-state index in [-0.39, 0.29) is 36.8 Å². The molecule has 2 aromatic rings. The lowest BCUT2D eigenvalue weighted by Crippen LogP contribution is -2.30. The molecule has 1 aromatic heterocycles. The molecule has 1 aliphatic rings. The highest BCUT2D eigenvalue weighted by atomic mass is 35.5. The maximum atomic E-state index is 12.5. The average Bonchev–Trinajstić information content (AvgIpc) is 2.92. The lowest BCUT2D eigenvalue weighted by Gasteiger charge is -2.21. The number of anilines is 1. The van der Waals surface area contributed by atoms with Crippen LogP contribution in [-0.4, -0.2) is 27.2 Å². The van der Waals surface area contributed by atoms with Crippen LogP contribution < -0.4 is 10.6 Å². The van der Waals surface area contributed by atoms with Gasteiger partial charge >= 0.3 is 0 Å². The van der Waals surface area contributed by atoms with E-state index in [2.05, 4.69) is 20.8 Å². The zero-order valence-corrected chi connectivity index (χ0v) is 14.7. The van der Waals surface area contributed by atoms with Gasteiger partial charge in [-0.3, -0.25) is 4.79 Å². The second-order valence-electron chi connectivity index (χ2n) is 5.36. The molecule has 2 N–H and O–H groups in total. The number of aromatic nitrogens is 3. The molecule has 6 nitrogen and oxygen atoms in total. The van der Waals surface area contributed by atoms with Crippen LogP contribution in [0.15, 0.2) is 24.5 Å². The van der Waals surface area contributed by atoms with Crippen molar-refractivity contribution in [2.24, 2.45) is 7.05 Å². The molecule has 0 fully saturated rings. The summed E-state index contributed by atoms with van der Waals surface area (Å²) < 4.78 is 1.81. The third kappa shape index (κ3) is 3.95. The van der Waals surface area contributed by atoms with Gasteiger partial charge in [0, 0.05) is 24.8 Å². The number of hydrogen-bond acceptors (Lipinski definition) is 4. The fourth-order valence-corrected chi connectivity index (χ4v) is 2.75. The highest BCUT2D eigenvalue weighted by Gasteiger charge is 2.20. The molecule has 0 bridgehead atoms. The summed E-state index contributed by atoms with van der Waals surface area (Å²) in [5.41, 5.74) is 2.92. The molecular formula is C15H21Cl2N5O. The van der Waals surface area contributed by atoms with Crippen molar-refractivity contribution in [3.05, 3.63) is 41.5 Å². The molecule has 1 unspecified atom stereocenters. The number of amides is 1. The zero-order valence-electron chi connectivity index (χ0n) is 13.1. The highest BCUT2D eigenvalue weighted by molar-refractivity contribution is 5.97. The summed E-state index contributed by atoms with van der Waals surface area (Å²) in [5.74, 6) is 0.678. The quantitative estimate of drug-likeness (QED) is 0.885. The van der Waals surface area contributed by atoms with E-state index in [4.69, 9.17) is 0 Å². The lowest BCUT2D eigenvalue weighted by atomic mass is 9.97. The van der Waals surface area contributed by atoms with Gasteiger partial charge in [0.25, 0.3) is 5.91 Å².